The standard InChI is InChI=1S/C17H24FN3/c1-13(12-16-5-7-17(18)8-6-16)19-9-4-10-21-15(3)11-14(2)20-21/h5-8,11,13,19H,4,9-10,12H2,1-3H3. The Bertz CT molecular complexity index is 560. The number of nitrogens with zero attached hydrogens (tertiary/aromatic N) is 2. The second-order valence-electron chi connectivity index (χ2n) is 5.69. The van der Waals surface area contributed by atoms with Crippen molar-refractivity contribution in [2.45, 2.75) is 46.2 Å². The number of hydrogen-bond acceptors (Lipinski definition) is 2. The highest BCUT2D eigenvalue weighted by molar-refractivity contribution is 5.17. The van der Waals surface area contributed by atoms with Crippen LogP contribution in [0.5, 0.6) is 0 Å². The van der Waals surface area contributed by atoms with E-state index >= 15 is 0 Å². The minimum absolute atomic E-state index is 0.177. The molecule has 1 unspecified atom stereocenters. The van der Waals surface area contributed by atoms with Gasteiger partial charge in [-0.15, -0.1) is 0 Å². The predicted molar refractivity (Wildman–Crippen MR) is 83.9 cm³/mol. The van der Waals surface area contributed by atoms with Crippen LogP contribution < -0.4 is 5.32 Å². The number of aryl methyl sites for hydroxylation is 3. The van der Waals surface area contributed by atoms with Crippen molar-refractivity contribution in [3.8, 4) is 0 Å². The van der Waals surface area contributed by atoms with E-state index in [2.05, 4.69) is 35.0 Å². The zero-order valence-corrected chi connectivity index (χ0v) is 13.1. The molecule has 0 fully saturated rings. The van der Waals surface area contributed by atoms with Gasteiger partial charge in [0, 0.05) is 18.3 Å². The van der Waals surface area contributed by atoms with Gasteiger partial charge in [0.15, 0.2) is 0 Å². The number of rotatable bonds is 7. The molecule has 0 aliphatic rings. The SMILES string of the molecule is Cc1cc(C)n(CCCNC(C)Cc2ccc(F)cc2)n1. The van der Waals surface area contributed by atoms with E-state index in [4.69, 9.17) is 0 Å². The summed E-state index contributed by atoms with van der Waals surface area (Å²) in [4.78, 5) is 0. The maximum atomic E-state index is 12.8. The molecule has 0 spiro atoms. The van der Waals surface area contributed by atoms with E-state index in [1.54, 1.807) is 0 Å². The van der Waals surface area contributed by atoms with E-state index in [-0.39, 0.29) is 5.82 Å². The lowest BCUT2D eigenvalue weighted by molar-refractivity contribution is 0.489. The Labute approximate surface area is 126 Å². The van der Waals surface area contributed by atoms with Crippen LogP contribution in [0.1, 0.15) is 30.3 Å². The van der Waals surface area contributed by atoms with Crippen LogP contribution in [0.25, 0.3) is 0 Å². The molecule has 1 aromatic heterocycles. The van der Waals surface area contributed by atoms with Gasteiger partial charge in [-0.1, -0.05) is 12.1 Å². The smallest absolute Gasteiger partial charge is 0.123 e. The van der Waals surface area contributed by atoms with E-state index in [1.807, 2.05) is 19.1 Å². The molecular weight excluding hydrogens is 265 g/mol. The minimum atomic E-state index is -0.177. The van der Waals surface area contributed by atoms with Crippen molar-refractivity contribution in [1.29, 1.82) is 0 Å². The molecule has 1 atom stereocenters. The highest BCUT2D eigenvalue weighted by Crippen LogP contribution is 2.06. The summed E-state index contributed by atoms with van der Waals surface area (Å²) in [6.45, 7) is 8.17. The maximum Gasteiger partial charge on any atom is 0.123 e. The van der Waals surface area contributed by atoms with E-state index < -0.39 is 0 Å². The molecule has 21 heavy (non-hydrogen) atoms. The van der Waals surface area contributed by atoms with E-state index in [9.17, 15) is 4.39 Å². The summed E-state index contributed by atoms with van der Waals surface area (Å²) in [5.74, 6) is -0.177. The first-order valence-corrected chi connectivity index (χ1v) is 7.53. The lowest BCUT2D eigenvalue weighted by Crippen LogP contribution is -2.29. The van der Waals surface area contributed by atoms with Crippen molar-refractivity contribution in [3.63, 3.8) is 0 Å². The van der Waals surface area contributed by atoms with Crippen LogP contribution >= 0.6 is 0 Å². The molecule has 0 aliphatic carbocycles. The Hall–Kier alpha value is -1.68. The Morgan fingerprint density at radius 3 is 2.57 bits per heavy atom. The average Bonchev–Trinajstić information content (AvgIpc) is 2.76. The van der Waals surface area contributed by atoms with Crippen LogP contribution in [-0.4, -0.2) is 22.4 Å². The number of benzene rings is 1. The van der Waals surface area contributed by atoms with Crippen LogP contribution in [-0.2, 0) is 13.0 Å². The first-order chi connectivity index (χ1) is 10.0. The average molecular weight is 289 g/mol. The summed E-state index contributed by atoms with van der Waals surface area (Å²) < 4.78 is 14.9. The largest absolute Gasteiger partial charge is 0.314 e. The van der Waals surface area contributed by atoms with Crippen LogP contribution in [0.15, 0.2) is 30.3 Å². The number of aromatic nitrogens is 2. The Kier molecular flexibility index (Phi) is 5.51. The molecule has 1 aromatic carbocycles. The van der Waals surface area contributed by atoms with Crippen LogP contribution in [0, 0.1) is 19.7 Å². The van der Waals surface area contributed by atoms with E-state index in [0.29, 0.717) is 6.04 Å². The maximum absolute atomic E-state index is 12.8. The van der Waals surface area contributed by atoms with Gasteiger partial charge in [-0.25, -0.2) is 4.39 Å². The van der Waals surface area contributed by atoms with Crippen molar-refractivity contribution in [2.24, 2.45) is 0 Å². The highest BCUT2D eigenvalue weighted by atomic mass is 19.1. The summed E-state index contributed by atoms with van der Waals surface area (Å²) in [5.41, 5.74) is 3.45. The molecule has 0 radical (unpaired) electrons. The zero-order valence-electron chi connectivity index (χ0n) is 13.1. The van der Waals surface area contributed by atoms with Gasteiger partial charge in [0.25, 0.3) is 0 Å². The van der Waals surface area contributed by atoms with Crippen molar-refractivity contribution >= 4 is 0 Å². The number of nitrogens with one attached hydrogen (secondary N) is 1. The van der Waals surface area contributed by atoms with Gasteiger partial charge in [0.05, 0.1) is 5.69 Å². The first kappa shape index (κ1) is 15.7. The van der Waals surface area contributed by atoms with Crippen LogP contribution in [0.3, 0.4) is 0 Å². The van der Waals surface area contributed by atoms with Crippen molar-refractivity contribution in [2.75, 3.05) is 6.54 Å². The zero-order chi connectivity index (χ0) is 15.2. The summed E-state index contributed by atoms with van der Waals surface area (Å²) in [7, 11) is 0. The fourth-order valence-corrected chi connectivity index (χ4v) is 2.52. The molecule has 1 N–H and O–H groups in total. The molecule has 0 saturated heterocycles. The second kappa shape index (κ2) is 7.36. The van der Waals surface area contributed by atoms with Crippen LogP contribution in [0.4, 0.5) is 4.39 Å². The van der Waals surface area contributed by atoms with Gasteiger partial charge in [0.1, 0.15) is 5.82 Å². The predicted octanol–water partition coefficient (Wildman–Crippen LogP) is 3.25. The topological polar surface area (TPSA) is 29.9 Å². The van der Waals surface area contributed by atoms with Gasteiger partial charge >= 0.3 is 0 Å². The van der Waals surface area contributed by atoms with Gasteiger partial charge in [-0.2, -0.15) is 5.10 Å². The van der Waals surface area contributed by atoms with E-state index in [1.165, 1.54) is 17.8 Å². The fraction of sp³-hybridized carbons (Fsp3) is 0.471. The molecular formula is C17H24FN3. The molecule has 2 aromatic rings. The van der Waals surface area contributed by atoms with Gasteiger partial charge in [-0.05, 0) is 63.9 Å². The number of halogens is 1. The molecule has 0 saturated carbocycles. The normalized spacial score (nSPS) is 12.6. The Balaban J connectivity index is 1.68. The van der Waals surface area contributed by atoms with E-state index in [0.717, 1.165) is 37.2 Å². The molecule has 1 heterocycles. The molecule has 0 bridgehead atoms. The Morgan fingerprint density at radius 2 is 1.95 bits per heavy atom. The lowest BCUT2D eigenvalue weighted by atomic mass is 10.1. The number of hydrogen-bond donors (Lipinski definition) is 1. The molecule has 2 rings (SSSR count). The first-order valence-electron chi connectivity index (χ1n) is 7.53. The van der Waals surface area contributed by atoms with Gasteiger partial charge in [-0.3, -0.25) is 4.68 Å². The molecule has 4 heteroatoms. The molecule has 114 valence electrons. The monoisotopic (exact) mass is 289 g/mol. The van der Waals surface area contributed by atoms with Crippen molar-refractivity contribution in [1.82, 2.24) is 15.1 Å². The van der Waals surface area contributed by atoms with Gasteiger partial charge in [0.2, 0.25) is 0 Å². The van der Waals surface area contributed by atoms with Crippen molar-refractivity contribution in [3.05, 3.63) is 53.1 Å². The molecule has 3 nitrogen and oxygen atoms in total. The van der Waals surface area contributed by atoms with Crippen LogP contribution in [0.2, 0.25) is 0 Å². The lowest BCUT2D eigenvalue weighted by Gasteiger charge is -2.14. The molecule has 0 amide bonds. The third-order valence-corrected chi connectivity index (χ3v) is 3.60. The third kappa shape index (κ3) is 4.97. The molecule has 0 aliphatic heterocycles. The van der Waals surface area contributed by atoms with Gasteiger partial charge < -0.3 is 5.32 Å². The fourth-order valence-electron chi connectivity index (χ4n) is 2.52. The quantitative estimate of drug-likeness (QED) is 0.793. The third-order valence-electron chi connectivity index (χ3n) is 3.60. The summed E-state index contributed by atoms with van der Waals surface area (Å²) in [5, 5.41) is 7.96. The second-order valence-corrected chi connectivity index (χ2v) is 5.69. The highest BCUT2D eigenvalue weighted by Gasteiger charge is 2.04. The minimum Gasteiger partial charge on any atom is -0.314 e. The summed E-state index contributed by atoms with van der Waals surface area (Å²) in [6, 6.07) is 9.23. The Morgan fingerprint density at radius 1 is 1.24 bits per heavy atom. The summed E-state index contributed by atoms with van der Waals surface area (Å²) >= 11 is 0. The summed E-state index contributed by atoms with van der Waals surface area (Å²) in [6.07, 6.45) is 1.97. The van der Waals surface area contributed by atoms with Crippen molar-refractivity contribution < 1.29 is 4.39 Å².